The van der Waals surface area contributed by atoms with Gasteiger partial charge in [0.15, 0.2) is 0 Å². The predicted molar refractivity (Wildman–Crippen MR) is 62.7 cm³/mol. The zero-order valence-electron chi connectivity index (χ0n) is 9.22. The molecule has 0 saturated heterocycles. The SMILES string of the molecule is CCCC[C@H](CC)COC(=O)CCBr. The molecule has 0 amide bonds. The highest BCUT2D eigenvalue weighted by Gasteiger charge is 2.09. The summed E-state index contributed by atoms with van der Waals surface area (Å²) in [6.07, 6.45) is 5.20. The maximum Gasteiger partial charge on any atom is 0.306 e. The largest absolute Gasteiger partial charge is 0.465 e. The van der Waals surface area contributed by atoms with E-state index in [4.69, 9.17) is 4.74 Å². The molecular weight excluding hydrogens is 244 g/mol. The van der Waals surface area contributed by atoms with Crippen LogP contribution >= 0.6 is 15.9 Å². The summed E-state index contributed by atoms with van der Waals surface area (Å²) >= 11 is 3.22. The first-order chi connectivity index (χ1) is 6.74. The molecule has 84 valence electrons. The summed E-state index contributed by atoms with van der Waals surface area (Å²) in [6, 6.07) is 0. The van der Waals surface area contributed by atoms with E-state index in [1.165, 1.54) is 19.3 Å². The second-order valence-electron chi connectivity index (χ2n) is 3.54. The highest BCUT2D eigenvalue weighted by Crippen LogP contribution is 2.13. The standard InChI is InChI=1S/C11H21BrO2/c1-3-5-6-10(4-2)9-14-11(13)7-8-12/h10H,3-9H2,1-2H3/t10-/m0/s1. The molecule has 0 aromatic carbocycles. The van der Waals surface area contributed by atoms with Gasteiger partial charge in [-0.2, -0.15) is 0 Å². The maximum absolute atomic E-state index is 11.1. The van der Waals surface area contributed by atoms with E-state index in [0.717, 1.165) is 6.42 Å². The highest BCUT2D eigenvalue weighted by molar-refractivity contribution is 9.09. The fourth-order valence-corrected chi connectivity index (χ4v) is 1.58. The van der Waals surface area contributed by atoms with E-state index in [0.29, 0.717) is 24.3 Å². The van der Waals surface area contributed by atoms with Gasteiger partial charge in [0.05, 0.1) is 13.0 Å². The average Bonchev–Trinajstić information content (AvgIpc) is 2.19. The minimum Gasteiger partial charge on any atom is -0.465 e. The van der Waals surface area contributed by atoms with Crippen molar-refractivity contribution in [1.82, 2.24) is 0 Å². The molecule has 2 nitrogen and oxygen atoms in total. The first-order valence-electron chi connectivity index (χ1n) is 5.46. The molecule has 0 rings (SSSR count). The van der Waals surface area contributed by atoms with Crippen LogP contribution in [-0.4, -0.2) is 17.9 Å². The molecule has 1 atom stereocenters. The molecule has 0 aliphatic rings. The van der Waals surface area contributed by atoms with Crippen LogP contribution in [0.2, 0.25) is 0 Å². The van der Waals surface area contributed by atoms with Crippen LogP contribution in [-0.2, 0) is 9.53 Å². The molecule has 0 aromatic heterocycles. The van der Waals surface area contributed by atoms with Crippen LogP contribution in [0.25, 0.3) is 0 Å². The highest BCUT2D eigenvalue weighted by atomic mass is 79.9. The Morgan fingerprint density at radius 2 is 2.14 bits per heavy atom. The number of carbonyl (C=O) groups is 1. The Balaban J connectivity index is 3.55. The van der Waals surface area contributed by atoms with E-state index < -0.39 is 0 Å². The van der Waals surface area contributed by atoms with E-state index in [1.807, 2.05) is 0 Å². The van der Waals surface area contributed by atoms with Gasteiger partial charge in [0.2, 0.25) is 0 Å². The number of hydrogen-bond acceptors (Lipinski definition) is 2. The second-order valence-corrected chi connectivity index (χ2v) is 4.33. The van der Waals surface area contributed by atoms with E-state index >= 15 is 0 Å². The van der Waals surface area contributed by atoms with Crippen molar-refractivity contribution in [3.05, 3.63) is 0 Å². The number of alkyl halides is 1. The van der Waals surface area contributed by atoms with Gasteiger partial charge in [0, 0.05) is 5.33 Å². The Hall–Kier alpha value is -0.0500. The molecular formula is C11H21BrO2. The predicted octanol–water partition coefficient (Wildman–Crippen LogP) is 3.53. The Kier molecular flexibility index (Phi) is 9.47. The summed E-state index contributed by atoms with van der Waals surface area (Å²) in [5, 5.41) is 0.692. The van der Waals surface area contributed by atoms with Crippen LogP contribution in [0.15, 0.2) is 0 Å². The zero-order valence-corrected chi connectivity index (χ0v) is 10.8. The van der Waals surface area contributed by atoms with Gasteiger partial charge in [0.25, 0.3) is 0 Å². The molecule has 0 radical (unpaired) electrons. The smallest absolute Gasteiger partial charge is 0.306 e. The average molecular weight is 265 g/mol. The van der Waals surface area contributed by atoms with Crippen molar-refractivity contribution < 1.29 is 9.53 Å². The molecule has 0 unspecified atom stereocenters. The van der Waals surface area contributed by atoms with E-state index in [9.17, 15) is 4.79 Å². The number of esters is 1. The quantitative estimate of drug-likeness (QED) is 0.495. The maximum atomic E-state index is 11.1. The van der Waals surface area contributed by atoms with Crippen molar-refractivity contribution in [3.8, 4) is 0 Å². The number of ether oxygens (including phenoxy) is 1. The van der Waals surface area contributed by atoms with Crippen LogP contribution in [0, 0.1) is 5.92 Å². The lowest BCUT2D eigenvalue weighted by atomic mass is 10.0. The number of halogens is 1. The zero-order chi connectivity index (χ0) is 10.8. The van der Waals surface area contributed by atoms with Crippen molar-refractivity contribution in [2.75, 3.05) is 11.9 Å². The van der Waals surface area contributed by atoms with Crippen molar-refractivity contribution in [2.24, 2.45) is 5.92 Å². The molecule has 0 bridgehead atoms. The molecule has 0 N–H and O–H groups in total. The molecule has 0 fully saturated rings. The lowest BCUT2D eigenvalue weighted by Crippen LogP contribution is -2.13. The number of unbranched alkanes of at least 4 members (excludes halogenated alkanes) is 1. The Bertz CT molecular complexity index is 148. The number of hydrogen-bond donors (Lipinski definition) is 0. The van der Waals surface area contributed by atoms with Crippen molar-refractivity contribution in [1.29, 1.82) is 0 Å². The Labute approximate surface area is 95.5 Å². The molecule has 0 saturated carbocycles. The molecule has 14 heavy (non-hydrogen) atoms. The summed E-state index contributed by atoms with van der Waals surface area (Å²) in [6.45, 7) is 4.94. The van der Waals surface area contributed by atoms with E-state index in [2.05, 4.69) is 29.8 Å². The van der Waals surface area contributed by atoms with Gasteiger partial charge in [-0.05, 0) is 12.3 Å². The van der Waals surface area contributed by atoms with Crippen molar-refractivity contribution in [3.63, 3.8) is 0 Å². The van der Waals surface area contributed by atoms with Gasteiger partial charge >= 0.3 is 5.97 Å². The van der Waals surface area contributed by atoms with Gasteiger partial charge in [-0.25, -0.2) is 0 Å². The van der Waals surface area contributed by atoms with Crippen molar-refractivity contribution >= 4 is 21.9 Å². The number of rotatable bonds is 8. The van der Waals surface area contributed by atoms with Gasteiger partial charge in [-0.3, -0.25) is 4.79 Å². The number of carbonyl (C=O) groups excluding carboxylic acids is 1. The van der Waals surface area contributed by atoms with Crippen LogP contribution in [0.5, 0.6) is 0 Å². The molecule has 0 aromatic rings. The summed E-state index contributed by atoms with van der Waals surface area (Å²) in [5.74, 6) is 0.464. The van der Waals surface area contributed by atoms with Crippen molar-refractivity contribution in [2.45, 2.75) is 46.0 Å². The van der Waals surface area contributed by atoms with E-state index in [-0.39, 0.29) is 5.97 Å². The Morgan fingerprint density at radius 1 is 1.43 bits per heavy atom. The first kappa shape index (κ1) is 13.9. The third-order valence-corrected chi connectivity index (χ3v) is 2.72. The summed E-state index contributed by atoms with van der Waals surface area (Å²) < 4.78 is 5.16. The van der Waals surface area contributed by atoms with Crippen LogP contribution < -0.4 is 0 Å². The van der Waals surface area contributed by atoms with Gasteiger partial charge in [-0.1, -0.05) is 49.0 Å². The third kappa shape index (κ3) is 7.36. The van der Waals surface area contributed by atoms with Crippen LogP contribution in [0.3, 0.4) is 0 Å². The van der Waals surface area contributed by atoms with Crippen LogP contribution in [0.4, 0.5) is 0 Å². The fourth-order valence-electron chi connectivity index (χ4n) is 1.26. The summed E-state index contributed by atoms with van der Waals surface area (Å²) in [7, 11) is 0. The topological polar surface area (TPSA) is 26.3 Å². The Morgan fingerprint density at radius 3 is 2.64 bits per heavy atom. The first-order valence-corrected chi connectivity index (χ1v) is 6.58. The van der Waals surface area contributed by atoms with Gasteiger partial charge < -0.3 is 4.74 Å². The molecule has 3 heteroatoms. The minimum absolute atomic E-state index is 0.0863. The summed E-state index contributed by atoms with van der Waals surface area (Å²) in [4.78, 5) is 11.1. The summed E-state index contributed by atoms with van der Waals surface area (Å²) in [5.41, 5.74) is 0. The normalized spacial score (nSPS) is 12.5. The molecule has 0 heterocycles. The third-order valence-electron chi connectivity index (χ3n) is 2.32. The monoisotopic (exact) mass is 264 g/mol. The van der Waals surface area contributed by atoms with E-state index in [1.54, 1.807) is 0 Å². The van der Waals surface area contributed by atoms with Crippen LogP contribution in [0.1, 0.15) is 46.0 Å². The van der Waals surface area contributed by atoms with Gasteiger partial charge in [-0.15, -0.1) is 0 Å². The molecule has 0 spiro atoms. The second kappa shape index (κ2) is 9.50. The lowest BCUT2D eigenvalue weighted by Gasteiger charge is -2.14. The minimum atomic E-state index is -0.0863. The lowest BCUT2D eigenvalue weighted by molar-refractivity contribution is -0.144. The van der Waals surface area contributed by atoms with Gasteiger partial charge in [0.1, 0.15) is 0 Å². The fraction of sp³-hybridized carbons (Fsp3) is 0.909. The molecule has 0 aliphatic carbocycles. The molecule has 0 aliphatic heterocycles.